The van der Waals surface area contributed by atoms with Crippen molar-refractivity contribution >= 4 is 90.7 Å². The number of rotatable bonds is 42. The van der Waals surface area contributed by atoms with Gasteiger partial charge in [0.15, 0.2) is 0 Å². The number of hydrogen-bond acceptors (Lipinski definition) is 6. The van der Waals surface area contributed by atoms with Crippen molar-refractivity contribution in [1.29, 1.82) is 0 Å². The van der Waals surface area contributed by atoms with Crippen LogP contribution in [0.5, 0.6) is 0 Å². The van der Waals surface area contributed by atoms with E-state index in [4.69, 9.17) is 0 Å². The Labute approximate surface area is 489 Å². The average molecular weight is 1170 g/mol. The molecule has 6 nitrogen and oxygen atoms in total. The topological polar surface area (TPSA) is 114 Å². The molecule has 0 spiro atoms. The average Bonchev–Trinajstić information content (AvgIpc) is 3.36. The van der Waals surface area contributed by atoms with Gasteiger partial charge >= 0.3 is 48.9 Å². The van der Waals surface area contributed by atoms with Crippen molar-refractivity contribution in [3.05, 3.63) is 82.9 Å². The third kappa shape index (κ3) is 28.3. The normalized spacial score (nSPS) is 11.8. The van der Waals surface area contributed by atoms with Gasteiger partial charge in [0.05, 0.1) is 9.79 Å². The zero-order chi connectivity index (χ0) is 52.1. The van der Waals surface area contributed by atoms with Gasteiger partial charge in [-0.1, -0.05) is 282 Å². The molecule has 0 bridgehead atoms. The van der Waals surface area contributed by atoms with Crippen LogP contribution in [0.4, 0.5) is 0 Å². The zero-order valence-electron chi connectivity index (χ0n) is 47.0. The molecule has 0 unspecified atom stereocenters. The summed E-state index contributed by atoms with van der Waals surface area (Å²) in [6.45, 7) is 9.01. The molecular weight excluding hydrogens is 1070 g/mol. The van der Waals surface area contributed by atoms with Crippen molar-refractivity contribution < 1.29 is 25.9 Å². The maximum atomic E-state index is 12.1. The Bertz CT molecular complexity index is 2100. The zero-order valence-corrected chi connectivity index (χ0v) is 53.1. The number of hydrogen-bond donors (Lipinski definition) is 0. The number of aryl methyl sites for hydroxylation is 4. The Morgan fingerprint density at radius 1 is 0.301 bits per heavy atom. The molecule has 0 aliphatic rings. The van der Waals surface area contributed by atoms with E-state index >= 15 is 0 Å². The van der Waals surface area contributed by atoms with Crippen LogP contribution in [0.15, 0.2) is 70.5 Å². The maximum absolute atomic E-state index is 12.1. The monoisotopic (exact) mass is 1170 g/mol. The smallest absolute Gasteiger partial charge is 0.744 e. The van der Waals surface area contributed by atoms with E-state index in [-0.39, 0.29) is 58.7 Å². The largest absolute Gasteiger partial charge is 2.00 e. The molecule has 0 amide bonds. The summed E-state index contributed by atoms with van der Waals surface area (Å²) in [5.41, 5.74) is 4.68. The predicted octanol–water partition coefficient (Wildman–Crippen LogP) is 19.4. The van der Waals surface area contributed by atoms with E-state index in [0.29, 0.717) is 10.8 Å². The van der Waals surface area contributed by atoms with Crippen molar-refractivity contribution in [2.75, 3.05) is 0 Å². The predicted molar refractivity (Wildman–Crippen MR) is 313 cm³/mol. The van der Waals surface area contributed by atoms with Crippen LogP contribution in [0.25, 0.3) is 21.5 Å². The third-order valence-corrected chi connectivity index (χ3v) is 16.9. The SMILES string of the molecule is CCCCCCCCCCCc1cc(S(=O)(=O)[O-])c2ccccc2c1CCCCCCCCCCC.CCCCCCCCCCCc1cc(S(=O)(=O)[O-])c2ccccc2c1CCCCCCCCCCC.[Ba+2]. The summed E-state index contributed by atoms with van der Waals surface area (Å²) < 4.78 is 72.6. The second-order valence-electron chi connectivity index (χ2n) is 21.3. The third-order valence-electron chi connectivity index (χ3n) is 15.1. The van der Waals surface area contributed by atoms with E-state index in [1.54, 1.807) is 24.3 Å². The minimum absolute atomic E-state index is 0. The van der Waals surface area contributed by atoms with Crippen molar-refractivity contribution in [3.63, 3.8) is 0 Å². The van der Waals surface area contributed by atoms with Crippen molar-refractivity contribution in [2.24, 2.45) is 0 Å². The minimum Gasteiger partial charge on any atom is -0.744 e. The first-order chi connectivity index (χ1) is 35.0. The fraction of sp³-hybridized carbons (Fsp3) is 0.688. The molecule has 0 aliphatic heterocycles. The van der Waals surface area contributed by atoms with Gasteiger partial charge in [-0.05, 0) is 107 Å². The van der Waals surface area contributed by atoms with Gasteiger partial charge < -0.3 is 9.11 Å². The van der Waals surface area contributed by atoms with Gasteiger partial charge in [-0.15, -0.1) is 0 Å². The standard InChI is InChI=1S/2C32H52O3S.Ba/c2*1-3-5-7-9-11-13-15-17-19-23-28-27-32(36(33,34)35)31-26-22-21-25-30(31)29(28)24-20-18-16-14-12-10-8-6-4-2;/h2*21-22,25-27H,3-20,23-24H2,1-2H3,(H,33,34,35);/q;;+2/p-2. The molecule has 0 radical (unpaired) electrons. The fourth-order valence-electron chi connectivity index (χ4n) is 10.8. The summed E-state index contributed by atoms with van der Waals surface area (Å²) in [5.74, 6) is 0. The van der Waals surface area contributed by atoms with Gasteiger partial charge in [0.2, 0.25) is 0 Å². The first-order valence-electron chi connectivity index (χ1n) is 30.0. The van der Waals surface area contributed by atoms with Crippen LogP contribution < -0.4 is 0 Å². The van der Waals surface area contributed by atoms with Gasteiger partial charge in [0.25, 0.3) is 0 Å². The summed E-state index contributed by atoms with van der Waals surface area (Å²) in [4.78, 5) is -0.0836. The maximum Gasteiger partial charge on any atom is 2.00 e. The first kappa shape index (κ1) is 67.9. The number of fused-ring (bicyclic) bond motifs is 2. The molecule has 4 rings (SSSR count). The molecule has 0 N–H and O–H groups in total. The minimum atomic E-state index is -4.51. The molecule has 408 valence electrons. The molecule has 9 heteroatoms. The van der Waals surface area contributed by atoms with E-state index in [9.17, 15) is 25.9 Å². The quantitative estimate of drug-likeness (QED) is 0.0248. The van der Waals surface area contributed by atoms with Gasteiger partial charge in [0, 0.05) is 0 Å². The van der Waals surface area contributed by atoms with Crippen LogP contribution in [-0.2, 0) is 45.9 Å². The molecule has 0 aliphatic carbocycles. The van der Waals surface area contributed by atoms with Crippen LogP contribution in [0.2, 0.25) is 0 Å². The number of benzene rings is 4. The summed E-state index contributed by atoms with van der Waals surface area (Å²) >= 11 is 0. The van der Waals surface area contributed by atoms with E-state index < -0.39 is 20.2 Å². The van der Waals surface area contributed by atoms with E-state index in [0.717, 1.165) is 86.1 Å². The summed E-state index contributed by atoms with van der Waals surface area (Å²) in [6, 6.07) is 18.6. The van der Waals surface area contributed by atoms with Crippen molar-refractivity contribution in [3.8, 4) is 0 Å². The van der Waals surface area contributed by atoms with E-state index in [1.807, 2.05) is 36.4 Å². The van der Waals surface area contributed by atoms with Crippen molar-refractivity contribution in [2.45, 2.75) is 294 Å². The summed E-state index contributed by atoms with van der Waals surface area (Å²) in [5, 5.41) is 3.10. The molecule has 0 atom stereocenters. The second kappa shape index (κ2) is 41.8. The Hall–Kier alpha value is -1.21. The molecule has 4 aromatic rings. The molecule has 73 heavy (non-hydrogen) atoms. The molecule has 0 saturated heterocycles. The summed E-state index contributed by atoms with van der Waals surface area (Å²) in [7, 11) is -9.02. The van der Waals surface area contributed by atoms with Crippen LogP contribution in [0.1, 0.15) is 281 Å². The first-order valence-corrected chi connectivity index (χ1v) is 32.8. The van der Waals surface area contributed by atoms with Crippen molar-refractivity contribution in [1.82, 2.24) is 0 Å². The van der Waals surface area contributed by atoms with Crippen LogP contribution in [0.3, 0.4) is 0 Å². The summed E-state index contributed by atoms with van der Waals surface area (Å²) in [6.07, 6.45) is 49.6. The Kier molecular flexibility index (Phi) is 38.9. The Balaban J connectivity index is 0.000000493. The molecule has 0 saturated carbocycles. The fourth-order valence-corrected chi connectivity index (χ4v) is 12.3. The molecular formula is C64H102BaO6S2. The van der Waals surface area contributed by atoms with E-state index in [1.165, 1.54) is 204 Å². The Morgan fingerprint density at radius 2 is 0.507 bits per heavy atom. The number of unbranched alkanes of at least 4 members (excludes halogenated alkanes) is 32. The molecule has 4 aromatic carbocycles. The van der Waals surface area contributed by atoms with Crippen LogP contribution in [0, 0.1) is 0 Å². The molecule has 0 aromatic heterocycles. The van der Waals surface area contributed by atoms with Gasteiger partial charge in [-0.25, -0.2) is 16.8 Å². The van der Waals surface area contributed by atoms with E-state index in [2.05, 4.69) is 27.7 Å². The van der Waals surface area contributed by atoms with Gasteiger partial charge in [-0.2, -0.15) is 0 Å². The second-order valence-corrected chi connectivity index (χ2v) is 24.0. The molecule has 0 fully saturated rings. The van der Waals surface area contributed by atoms with Gasteiger partial charge in [0.1, 0.15) is 20.2 Å². The molecule has 0 heterocycles. The van der Waals surface area contributed by atoms with Crippen LogP contribution in [-0.4, -0.2) is 74.8 Å². The van der Waals surface area contributed by atoms with Gasteiger partial charge in [-0.3, -0.25) is 0 Å². The van der Waals surface area contributed by atoms with Crippen LogP contribution >= 0.6 is 0 Å². The Morgan fingerprint density at radius 3 is 0.740 bits per heavy atom.